The van der Waals surface area contributed by atoms with Gasteiger partial charge in [-0.2, -0.15) is 0 Å². The summed E-state index contributed by atoms with van der Waals surface area (Å²) < 4.78 is 26.5. The van der Waals surface area contributed by atoms with Gasteiger partial charge in [-0.1, -0.05) is 13.3 Å². The Hall–Kier alpha value is -3.95. The molecule has 2 N–H and O–H groups in total. The fraction of sp³-hybridized carbons (Fsp3) is 0.375. The van der Waals surface area contributed by atoms with Crippen LogP contribution in [0.25, 0.3) is 0 Å². The molecule has 0 saturated carbocycles. The summed E-state index contributed by atoms with van der Waals surface area (Å²) in [6, 6.07) is 9.20. The first-order chi connectivity index (χ1) is 16.4. The van der Waals surface area contributed by atoms with Crippen molar-refractivity contribution in [2.75, 3.05) is 34.0 Å². The highest BCUT2D eigenvalue weighted by Crippen LogP contribution is 2.29. The van der Waals surface area contributed by atoms with Gasteiger partial charge in [-0.15, -0.1) is 0 Å². The summed E-state index contributed by atoms with van der Waals surface area (Å²) in [5.41, 5.74) is 4.87. The number of benzene rings is 2. The van der Waals surface area contributed by atoms with Crippen molar-refractivity contribution >= 4 is 17.8 Å². The third-order valence-electron chi connectivity index (χ3n) is 4.53. The first kappa shape index (κ1) is 26.3. The van der Waals surface area contributed by atoms with E-state index in [1.807, 2.05) is 6.92 Å². The van der Waals surface area contributed by atoms with Crippen molar-refractivity contribution in [3.05, 3.63) is 47.5 Å². The Morgan fingerprint density at radius 3 is 2.15 bits per heavy atom. The van der Waals surface area contributed by atoms with Crippen molar-refractivity contribution in [2.45, 2.75) is 26.7 Å². The van der Waals surface area contributed by atoms with Crippen LogP contribution in [0.3, 0.4) is 0 Å². The molecule has 34 heavy (non-hydrogen) atoms. The lowest BCUT2D eigenvalue weighted by Gasteiger charge is -2.13. The van der Waals surface area contributed by atoms with E-state index in [9.17, 15) is 14.4 Å². The summed E-state index contributed by atoms with van der Waals surface area (Å²) in [6.07, 6.45) is 1.89. The van der Waals surface area contributed by atoms with E-state index in [1.165, 1.54) is 38.5 Å². The molecule has 0 heterocycles. The third kappa shape index (κ3) is 7.58. The maximum Gasteiger partial charge on any atom is 0.338 e. The Kier molecular flexibility index (Phi) is 10.5. The lowest BCUT2D eigenvalue weighted by Crippen LogP contribution is -2.43. The molecule has 0 spiro atoms. The van der Waals surface area contributed by atoms with Crippen molar-refractivity contribution in [3.8, 4) is 23.0 Å². The maximum atomic E-state index is 12.4. The number of hydrogen-bond donors (Lipinski definition) is 2. The summed E-state index contributed by atoms with van der Waals surface area (Å²) in [7, 11) is 2.92. The standard InChI is InChI=1S/C24H30N2O8/c1-5-7-12-33-19-11-9-17(14-21(19)32-6-2)24(29)34-15-22(27)25-26-23(28)16-8-10-18(30-3)20(13-16)31-4/h8-11,13-14H,5-7,12,15H2,1-4H3,(H,25,27)(H,26,28). The van der Waals surface area contributed by atoms with E-state index in [4.69, 9.17) is 23.7 Å². The quantitative estimate of drug-likeness (QED) is 0.274. The number of hydrazine groups is 1. The number of hydrogen-bond acceptors (Lipinski definition) is 8. The van der Waals surface area contributed by atoms with Gasteiger partial charge in [-0.3, -0.25) is 20.4 Å². The van der Waals surface area contributed by atoms with Crippen molar-refractivity contribution in [2.24, 2.45) is 0 Å². The van der Waals surface area contributed by atoms with Crippen LogP contribution in [0.15, 0.2) is 36.4 Å². The summed E-state index contributed by atoms with van der Waals surface area (Å²) in [4.78, 5) is 36.6. The van der Waals surface area contributed by atoms with E-state index in [-0.39, 0.29) is 11.1 Å². The molecule has 0 atom stereocenters. The average Bonchev–Trinajstić information content (AvgIpc) is 2.86. The van der Waals surface area contributed by atoms with Gasteiger partial charge in [-0.05, 0) is 49.7 Å². The molecular formula is C24H30N2O8. The molecule has 2 aromatic rings. The molecule has 184 valence electrons. The molecule has 2 amide bonds. The first-order valence-corrected chi connectivity index (χ1v) is 10.8. The van der Waals surface area contributed by atoms with Crippen molar-refractivity contribution in [1.29, 1.82) is 0 Å². The predicted molar refractivity (Wildman–Crippen MR) is 123 cm³/mol. The van der Waals surface area contributed by atoms with Crippen LogP contribution in [-0.4, -0.2) is 51.8 Å². The fourth-order valence-corrected chi connectivity index (χ4v) is 2.78. The van der Waals surface area contributed by atoms with Crippen LogP contribution in [0.5, 0.6) is 23.0 Å². The second-order valence-corrected chi connectivity index (χ2v) is 6.94. The van der Waals surface area contributed by atoms with Crippen LogP contribution in [0.2, 0.25) is 0 Å². The van der Waals surface area contributed by atoms with E-state index >= 15 is 0 Å². The van der Waals surface area contributed by atoms with E-state index in [2.05, 4.69) is 17.8 Å². The lowest BCUT2D eigenvalue weighted by molar-refractivity contribution is -0.125. The Morgan fingerprint density at radius 1 is 0.794 bits per heavy atom. The second-order valence-electron chi connectivity index (χ2n) is 6.94. The highest BCUT2D eigenvalue weighted by molar-refractivity contribution is 5.96. The highest BCUT2D eigenvalue weighted by atomic mass is 16.5. The molecule has 0 saturated heterocycles. The number of rotatable bonds is 12. The van der Waals surface area contributed by atoms with Gasteiger partial charge in [0.1, 0.15) is 0 Å². The number of unbranched alkanes of at least 4 members (excludes halogenated alkanes) is 1. The molecule has 0 aliphatic rings. The van der Waals surface area contributed by atoms with Gasteiger partial charge in [0.2, 0.25) is 0 Å². The van der Waals surface area contributed by atoms with Crippen LogP contribution in [-0.2, 0) is 9.53 Å². The number of methoxy groups -OCH3 is 2. The minimum atomic E-state index is -0.720. The molecule has 10 nitrogen and oxygen atoms in total. The molecule has 10 heteroatoms. The zero-order chi connectivity index (χ0) is 24.9. The van der Waals surface area contributed by atoms with Gasteiger partial charge < -0.3 is 23.7 Å². The van der Waals surface area contributed by atoms with Crippen molar-refractivity contribution in [3.63, 3.8) is 0 Å². The Labute approximate surface area is 198 Å². The predicted octanol–water partition coefficient (Wildman–Crippen LogP) is 2.90. The van der Waals surface area contributed by atoms with Crippen LogP contribution in [0.4, 0.5) is 0 Å². The number of nitrogens with one attached hydrogen (secondary N) is 2. The fourth-order valence-electron chi connectivity index (χ4n) is 2.78. The molecule has 0 aromatic heterocycles. The zero-order valence-corrected chi connectivity index (χ0v) is 19.8. The molecule has 0 bridgehead atoms. The summed E-state index contributed by atoms with van der Waals surface area (Å²) in [6.45, 7) is 4.22. The third-order valence-corrected chi connectivity index (χ3v) is 4.53. The molecule has 0 radical (unpaired) electrons. The summed E-state index contributed by atoms with van der Waals surface area (Å²) in [5.74, 6) is -0.247. The average molecular weight is 475 g/mol. The second kappa shape index (κ2) is 13.6. The first-order valence-electron chi connectivity index (χ1n) is 10.8. The van der Waals surface area contributed by atoms with Crippen LogP contribution in [0, 0.1) is 0 Å². The van der Waals surface area contributed by atoms with Gasteiger partial charge in [0.25, 0.3) is 11.8 Å². The maximum absolute atomic E-state index is 12.4. The van der Waals surface area contributed by atoms with Crippen LogP contribution in [0.1, 0.15) is 47.4 Å². The van der Waals surface area contributed by atoms with Gasteiger partial charge in [-0.25, -0.2) is 4.79 Å². The zero-order valence-electron chi connectivity index (χ0n) is 19.8. The van der Waals surface area contributed by atoms with Crippen LogP contribution < -0.4 is 29.8 Å². The van der Waals surface area contributed by atoms with Gasteiger partial charge in [0, 0.05) is 5.56 Å². The normalized spacial score (nSPS) is 10.1. The molecule has 0 aliphatic carbocycles. The van der Waals surface area contributed by atoms with E-state index in [0.717, 1.165) is 12.8 Å². The lowest BCUT2D eigenvalue weighted by atomic mass is 10.2. The van der Waals surface area contributed by atoms with E-state index < -0.39 is 24.4 Å². The van der Waals surface area contributed by atoms with Crippen molar-refractivity contribution in [1.82, 2.24) is 10.9 Å². The molecule has 0 fully saturated rings. The van der Waals surface area contributed by atoms with Gasteiger partial charge >= 0.3 is 5.97 Å². The smallest absolute Gasteiger partial charge is 0.338 e. The van der Waals surface area contributed by atoms with E-state index in [0.29, 0.717) is 36.2 Å². The number of carbonyl (C=O) groups excluding carboxylic acids is 3. The van der Waals surface area contributed by atoms with Crippen molar-refractivity contribution < 1.29 is 38.1 Å². The Balaban J connectivity index is 1.89. The molecular weight excluding hydrogens is 444 g/mol. The topological polar surface area (TPSA) is 121 Å². The summed E-state index contributed by atoms with van der Waals surface area (Å²) in [5, 5.41) is 0. The number of ether oxygens (including phenoxy) is 5. The molecule has 0 aliphatic heterocycles. The Morgan fingerprint density at radius 2 is 1.47 bits per heavy atom. The number of amides is 2. The minimum Gasteiger partial charge on any atom is -0.493 e. The number of carbonyl (C=O) groups is 3. The molecule has 0 unspecified atom stereocenters. The summed E-state index contributed by atoms with van der Waals surface area (Å²) >= 11 is 0. The van der Waals surface area contributed by atoms with Gasteiger partial charge in [0.15, 0.2) is 29.6 Å². The Bertz CT molecular complexity index is 993. The monoisotopic (exact) mass is 474 g/mol. The molecule has 2 aromatic carbocycles. The van der Waals surface area contributed by atoms with Crippen LogP contribution >= 0.6 is 0 Å². The van der Waals surface area contributed by atoms with Gasteiger partial charge in [0.05, 0.1) is 33.0 Å². The van der Waals surface area contributed by atoms with E-state index in [1.54, 1.807) is 12.1 Å². The SMILES string of the molecule is CCCCOc1ccc(C(=O)OCC(=O)NNC(=O)c2ccc(OC)c(OC)c2)cc1OCC. The largest absolute Gasteiger partial charge is 0.493 e. The highest BCUT2D eigenvalue weighted by Gasteiger charge is 2.16. The minimum absolute atomic E-state index is 0.202. The number of esters is 1. The molecule has 2 rings (SSSR count).